The Labute approximate surface area is 192 Å². The zero-order valence-electron chi connectivity index (χ0n) is 18.4. The first-order valence-electron chi connectivity index (χ1n) is 11.2. The minimum Gasteiger partial charge on any atom is -0.465 e. The third-order valence-electron chi connectivity index (χ3n) is 6.18. The largest absolute Gasteiger partial charge is 0.465 e. The summed E-state index contributed by atoms with van der Waals surface area (Å²) in [5.74, 6) is 2.69. The highest BCUT2D eigenvalue weighted by atomic mass is 32.2. The predicted octanol–water partition coefficient (Wildman–Crippen LogP) is 3.23. The van der Waals surface area contributed by atoms with Crippen LogP contribution in [-0.2, 0) is 21.4 Å². The first-order chi connectivity index (χ1) is 15.9. The van der Waals surface area contributed by atoms with Gasteiger partial charge in [-0.05, 0) is 69.0 Å². The lowest BCUT2D eigenvalue weighted by atomic mass is 9.97. The number of hydrogen-bond acceptors (Lipinski definition) is 7. The fourth-order valence-electron chi connectivity index (χ4n) is 4.03. The maximum absolute atomic E-state index is 13.1. The van der Waals surface area contributed by atoms with Crippen molar-refractivity contribution in [1.82, 2.24) is 19.8 Å². The molecule has 1 aliphatic heterocycles. The van der Waals surface area contributed by atoms with Crippen molar-refractivity contribution < 1.29 is 22.2 Å². The molecule has 33 heavy (non-hydrogen) atoms. The number of hydrogen-bond donors (Lipinski definition) is 1. The first-order valence-corrected chi connectivity index (χ1v) is 12.6. The molecule has 1 amide bonds. The third-order valence-corrected chi connectivity index (χ3v) is 8.09. The molecule has 0 radical (unpaired) electrons. The van der Waals surface area contributed by atoms with E-state index < -0.39 is 10.0 Å². The van der Waals surface area contributed by atoms with Crippen molar-refractivity contribution in [2.24, 2.45) is 5.92 Å². The fraction of sp³-hybridized carbons (Fsp3) is 0.435. The second-order valence-electron chi connectivity index (χ2n) is 8.66. The van der Waals surface area contributed by atoms with Gasteiger partial charge in [-0.1, -0.05) is 5.16 Å². The molecule has 1 aromatic carbocycles. The van der Waals surface area contributed by atoms with Crippen LogP contribution in [0.25, 0.3) is 11.4 Å². The number of nitrogens with zero attached hydrogens (tertiary/aromatic N) is 3. The summed E-state index contributed by atoms with van der Waals surface area (Å²) in [6.45, 7) is 2.79. The van der Waals surface area contributed by atoms with Gasteiger partial charge in [-0.25, -0.2) is 8.42 Å². The van der Waals surface area contributed by atoms with Gasteiger partial charge in [-0.15, -0.1) is 0 Å². The van der Waals surface area contributed by atoms with Crippen LogP contribution < -0.4 is 5.32 Å². The van der Waals surface area contributed by atoms with E-state index in [4.69, 9.17) is 8.94 Å². The van der Waals surface area contributed by atoms with Crippen LogP contribution in [-0.4, -0.2) is 41.9 Å². The van der Waals surface area contributed by atoms with E-state index in [1.165, 1.54) is 4.31 Å². The molecule has 3 aromatic rings. The number of carbonyl (C=O) groups excluding carboxylic acids is 1. The van der Waals surface area contributed by atoms with Gasteiger partial charge >= 0.3 is 0 Å². The highest BCUT2D eigenvalue weighted by Crippen LogP contribution is 2.39. The van der Waals surface area contributed by atoms with Crippen LogP contribution in [0.15, 0.2) is 50.2 Å². The molecule has 5 rings (SSSR count). The maximum atomic E-state index is 13.1. The smallest absolute Gasteiger partial charge is 0.243 e. The van der Waals surface area contributed by atoms with Gasteiger partial charge in [0, 0.05) is 30.5 Å². The lowest BCUT2D eigenvalue weighted by Crippen LogP contribution is -2.42. The molecule has 2 fully saturated rings. The highest BCUT2D eigenvalue weighted by molar-refractivity contribution is 7.89. The number of amides is 1. The normalized spacial score (nSPS) is 17.8. The molecular formula is C23H26N4O5S. The molecule has 0 unspecified atom stereocenters. The molecule has 0 spiro atoms. The van der Waals surface area contributed by atoms with Crippen molar-refractivity contribution in [3.63, 3.8) is 0 Å². The van der Waals surface area contributed by atoms with Crippen molar-refractivity contribution in [3.05, 3.63) is 53.8 Å². The van der Waals surface area contributed by atoms with E-state index in [1.807, 2.05) is 19.1 Å². The van der Waals surface area contributed by atoms with Crippen LogP contribution in [0.4, 0.5) is 0 Å². The Morgan fingerprint density at radius 2 is 1.82 bits per heavy atom. The lowest BCUT2D eigenvalue weighted by molar-refractivity contribution is -0.126. The van der Waals surface area contributed by atoms with Gasteiger partial charge in [0.2, 0.25) is 27.6 Å². The van der Waals surface area contributed by atoms with Crippen LogP contribution in [0, 0.1) is 12.8 Å². The van der Waals surface area contributed by atoms with Gasteiger partial charge in [0.25, 0.3) is 0 Å². The molecular weight excluding hydrogens is 444 g/mol. The summed E-state index contributed by atoms with van der Waals surface area (Å²) in [6, 6.07) is 10.2. The summed E-state index contributed by atoms with van der Waals surface area (Å²) in [4.78, 5) is 17.1. The number of nitrogens with one attached hydrogen (secondary N) is 1. The summed E-state index contributed by atoms with van der Waals surface area (Å²) in [6.07, 6.45) is 3.10. The molecule has 9 nitrogen and oxygen atoms in total. The second kappa shape index (κ2) is 8.75. The Morgan fingerprint density at radius 3 is 2.45 bits per heavy atom. The number of furan rings is 1. The van der Waals surface area contributed by atoms with E-state index >= 15 is 0 Å². The molecule has 1 saturated heterocycles. The average Bonchev–Trinajstić information content (AvgIpc) is 3.41. The predicted molar refractivity (Wildman–Crippen MR) is 118 cm³/mol. The van der Waals surface area contributed by atoms with Crippen molar-refractivity contribution in [2.45, 2.75) is 50.0 Å². The number of sulfonamides is 1. The van der Waals surface area contributed by atoms with Crippen LogP contribution in [0.1, 0.15) is 49.0 Å². The number of aryl methyl sites for hydroxylation is 1. The van der Waals surface area contributed by atoms with E-state index in [9.17, 15) is 13.2 Å². The number of benzene rings is 1. The van der Waals surface area contributed by atoms with E-state index in [1.54, 1.807) is 24.3 Å². The molecule has 1 aliphatic carbocycles. The van der Waals surface area contributed by atoms with E-state index in [0.717, 1.165) is 18.6 Å². The van der Waals surface area contributed by atoms with Crippen molar-refractivity contribution in [2.75, 3.05) is 13.1 Å². The van der Waals surface area contributed by atoms with Crippen LogP contribution >= 0.6 is 0 Å². The lowest BCUT2D eigenvalue weighted by Gasteiger charge is -2.30. The van der Waals surface area contributed by atoms with Crippen molar-refractivity contribution in [3.8, 4) is 11.4 Å². The first kappa shape index (κ1) is 21.8. The molecule has 3 heterocycles. The standard InChI is InChI=1S/C23H26N4O5S/c1-15-2-7-19(31-15)14-24-22(28)17-10-12-27(13-11-17)33(29,30)20-8-5-16(6-9-20)21-25-23(32-26-21)18-3-4-18/h2,5-9,17-18H,3-4,10-14H2,1H3,(H,24,28). The van der Waals surface area contributed by atoms with Crippen molar-refractivity contribution in [1.29, 1.82) is 0 Å². The number of aromatic nitrogens is 2. The van der Waals surface area contributed by atoms with E-state index in [0.29, 0.717) is 61.4 Å². The zero-order chi connectivity index (χ0) is 23.0. The van der Waals surface area contributed by atoms with Crippen molar-refractivity contribution >= 4 is 15.9 Å². The summed E-state index contributed by atoms with van der Waals surface area (Å²) >= 11 is 0. The molecule has 10 heteroatoms. The third kappa shape index (κ3) is 4.72. The SMILES string of the molecule is Cc1ccc(CNC(=O)C2CCN(S(=O)(=O)c3ccc(-c4noc(C5CC5)n4)cc3)CC2)o1. The van der Waals surface area contributed by atoms with Crippen LogP contribution in [0.3, 0.4) is 0 Å². The Balaban J connectivity index is 1.17. The summed E-state index contributed by atoms with van der Waals surface area (Å²) < 4.78 is 38.4. The molecule has 0 bridgehead atoms. The molecule has 1 saturated carbocycles. The fourth-order valence-corrected chi connectivity index (χ4v) is 5.50. The molecule has 174 valence electrons. The number of rotatable bonds is 7. The molecule has 1 N–H and O–H groups in total. The van der Waals surface area contributed by atoms with Crippen LogP contribution in [0.5, 0.6) is 0 Å². The molecule has 2 aromatic heterocycles. The summed E-state index contributed by atoms with van der Waals surface area (Å²) in [5, 5.41) is 6.88. The van der Waals surface area contributed by atoms with Gasteiger partial charge in [0.15, 0.2) is 0 Å². The molecule has 2 aliphatic rings. The van der Waals surface area contributed by atoms with Gasteiger partial charge in [0.1, 0.15) is 11.5 Å². The summed E-state index contributed by atoms with van der Waals surface area (Å²) in [5.41, 5.74) is 0.715. The maximum Gasteiger partial charge on any atom is 0.243 e. The minimum absolute atomic E-state index is 0.0730. The monoisotopic (exact) mass is 470 g/mol. The van der Waals surface area contributed by atoms with Gasteiger partial charge in [0.05, 0.1) is 11.4 Å². The minimum atomic E-state index is -3.64. The van der Waals surface area contributed by atoms with Gasteiger partial charge in [-0.2, -0.15) is 9.29 Å². The van der Waals surface area contributed by atoms with Gasteiger partial charge in [-0.3, -0.25) is 4.79 Å². The summed E-state index contributed by atoms with van der Waals surface area (Å²) in [7, 11) is -3.64. The number of piperidine rings is 1. The second-order valence-corrected chi connectivity index (χ2v) is 10.6. The Kier molecular flexibility index (Phi) is 5.79. The average molecular weight is 471 g/mol. The highest BCUT2D eigenvalue weighted by Gasteiger charge is 2.32. The zero-order valence-corrected chi connectivity index (χ0v) is 19.2. The quantitative estimate of drug-likeness (QED) is 0.563. The Bertz CT molecular complexity index is 1240. The number of carbonyl (C=O) groups is 1. The Morgan fingerprint density at radius 1 is 1.09 bits per heavy atom. The topological polar surface area (TPSA) is 119 Å². The Hall–Kier alpha value is -2.98. The van der Waals surface area contributed by atoms with E-state index in [2.05, 4.69) is 15.5 Å². The van der Waals surface area contributed by atoms with E-state index in [-0.39, 0.29) is 16.7 Å². The van der Waals surface area contributed by atoms with Gasteiger partial charge < -0.3 is 14.3 Å². The van der Waals surface area contributed by atoms with Crippen LogP contribution in [0.2, 0.25) is 0 Å². The molecule has 0 atom stereocenters.